The SMILES string of the molecule is C=[C](C(C)O)[Sn]([CH2]CCC)([CH2]CCC)[CH2]CCC. The Morgan fingerprint density at radius 3 is 1.50 bits per heavy atom. The average Bonchev–Trinajstić information content (AvgIpc) is 2.37. The van der Waals surface area contributed by atoms with E-state index >= 15 is 0 Å². The van der Waals surface area contributed by atoms with Gasteiger partial charge in [-0.15, -0.1) is 0 Å². The fourth-order valence-electron chi connectivity index (χ4n) is 2.85. The first kappa shape index (κ1) is 18.5. The Labute approximate surface area is 119 Å². The van der Waals surface area contributed by atoms with E-state index in [2.05, 4.69) is 27.4 Å². The molecule has 0 radical (unpaired) electrons. The van der Waals surface area contributed by atoms with Crippen LogP contribution in [-0.2, 0) is 0 Å². The number of hydrogen-bond donors (Lipinski definition) is 1. The molecule has 1 N–H and O–H groups in total. The van der Waals surface area contributed by atoms with Gasteiger partial charge < -0.3 is 0 Å². The molecule has 0 spiro atoms. The van der Waals surface area contributed by atoms with Crippen molar-refractivity contribution in [1.29, 1.82) is 0 Å². The van der Waals surface area contributed by atoms with Gasteiger partial charge in [0, 0.05) is 0 Å². The zero-order chi connectivity index (χ0) is 14.0. The van der Waals surface area contributed by atoms with Crippen LogP contribution in [0.4, 0.5) is 0 Å². The van der Waals surface area contributed by atoms with Crippen LogP contribution in [0.25, 0.3) is 0 Å². The third-order valence-corrected chi connectivity index (χ3v) is 20.5. The van der Waals surface area contributed by atoms with Crippen LogP contribution in [0.3, 0.4) is 0 Å². The van der Waals surface area contributed by atoms with Crippen molar-refractivity contribution < 1.29 is 5.11 Å². The van der Waals surface area contributed by atoms with Crippen molar-refractivity contribution in [3.05, 3.63) is 10.2 Å². The maximum atomic E-state index is 10.0. The summed E-state index contributed by atoms with van der Waals surface area (Å²) in [4.78, 5) is 0. The van der Waals surface area contributed by atoms with Crippen molar-refractivity contribution in [2.45, 2.75) is 85.6 Å². The molecule has 0 aromatic carbocycles. The molecule has 18 heavy (non-hydrogen) atoms. The van der Waals surface area contributed by atoms with Crippen molar-refractivity contribution >= 4 is 18.4 Å². The summed E-state index contributed by atoms with van der Waals surface area (Å²) in [6.07, 6.45) is 7.60. The Morgan fingerprint density at radius 2 is 1.28 bits per heavy atom. The quantitative estimate of drug-likeness (QED) is 0.495. The standard InChI is InChI=1S/C4H7O.3C4H9.Sn/c1-3-4(2)5;3*1-3-4-2;/h4-5H,1H2,2H3;3*1,3-4H2,2H3;. The van der Waals surface area contributed by atoms with Crippen LogP contribution < -0.4 is 0 Å². The van der Waals surface area contributed by atoms with E-state index in [4.69, 9.17) is 0 Å². The number of aliphatic hydroxyl groups excluding tert-OH is 1. The predicted molar refractivity (Wildman–Crippen MR) is 85.7 cm³/mol. The van der Waals surface area contributed by atoms with Crippen molar-refractivity contribution in [3.63, 3.8) is 0 Å². The molecular formula is C16H34OSn. The molecule has 0 amide bonds. The third-order valence-electron chi connectivity index (χ3n) is 4.21. The topological polar surface area (TPSA) is 20.2 Å². The first-order chi connectivity index (χ1) is 8.54. The molecule has 0 aromatic rings. The van der Waals surface area contributed by atoms with E-state index in [0.29, 0.717) is 0 Å². The number of aliphatic hydroxyl groups is 1. The Morgan fingerprint density at radius 1 is 0.944 bits per heavy atom. The van der Waals surface area contributed by atoms with Crippen LogP contribution >= 0.6 is 0 Å². The molecule has 1 atom stereocenters. The van der Waals surface area contributed by atoms with E-state index in [-0.39, 0.29) is 6.10 Å². The van der Waals surface area contributed by atoms with Gasteiger partial charge in [0.15, 0.2) is 0 Å². The van der Waals surface area contributed by atoms with Crippen molar-refractivity contribution in [1.82, 2.24) is 0 Å². The van der Waals surface area contributed by atoms with Crippen LogP contribution in [0.5, 0.6) is 0 Å². The summed E-state index contributed by atoms with van der Waals surface area (Å²) in [5.74, 6) is 0. The van der Waals surface area contributed by atoms with Crippen molar-refractivity contribution in [2.75, 3.05) is 0 Å². The van der Waals surface area contributed by atoms with Gasteiger partial charge in [0.2, 0.25) is 0 Å². The second-order valence-corrected chi connectivity index (χ2v) is 19.2. The molecule has 0 fully saturated rings. The van der Waals surface area contributed by atoms with Crippen LogP contribution in [0, 0.1) is 0 Å². The van der Waals surface area contributed by atoms with E-state index in [1.807, 2.05) is 6.92 Å². The number of hydrogen-bond acceptors (Lipinski definition) is 1. The van der Waals surface area contributed by atoms with E-state index in [1.165, 1.54) is 55.4 Å². The Balaban J connectivity index is 4.90. The summed E-state index contributed by atoms with van der Waals surface area (Å²) in [6.45, 7) is 13.1. The van der Waals surface area contributed by atoms with Crippen LogP contribution in [0.1, 0.15) is 66.2 Å². The molecule has 0 heterocycles. The van der Waals surface area contributed by atoms with Gasteiger partial charge in [0.1, 0.15) is 0 Å². The van der Waals surface area contributed by atoms with Gasteiger partial charge in [0.25, 0.3) is 0 Å². The molecule has 1 nitrogen and oxygen atoms in total. The van der Waals surface area contributed by atoms with E-state index in [9.17, 15) is 5.11 Å². The summed E-state index contributed by atoms with van der Waals surface area (Å²) in [5.41, 5.74) is 0. The van der Waals surface area contributed by atoms with E-state index < -0.39 is 18.4 Å². The molecule has 0 aliphatic heterocycles. The monoisotopic (exact) mass is 362 g/mol. The molecule has 0 rings (SSSR count). The molecule has 108 valence electrons. The number of rotatable bonds is 11. The Bertz CT molecular complexity index is 201. The summed E-state index contributed by atoms with van der Waals surface area (Å²) in [5, 5.41) is 10.0. The fourth-order valence-corrected chi connectivity index (χ4v) is 19.1. The van der Waals surface area contributed by atoms with Gasteiger partial charge in [0.05, 0.1) is 0 Å². The van der Waals surface area contributed by atoms with Gasteiger partial charge >= 0.3 is 119 Å². The van der Waals surface area contributed by atoms with Crippen molar-refractivity contribution in [2.24, 2.45) is 0 Å². The Hall–Kier alpha value is 0.499. The van der Waals surface area contributed by atoms with Crippen molar-refractivity contribution in [3.8, 4) is 0 Å². The molecule has 0 saturated carbocycles. The molecule has 0 saturated heterocycles. The maximum absolute atomic E-state index is 10.0. The predicted octanol–water partition coefficient (Wildman–Crippen LogP) is 5.31. The van der Waals surface area contributed by atoms with Crippen LogP contribution in [-0.4, -0.2) is 29.6 Å². The third kappa shape index (κ3) is 6.10. The van der Waals surface area contributed by atoms with Gasteiger partial charge in [-0.3, -0.25) is 0 Å². The molecule has 0 bridgehead atoms. The summed E-state index contributed by atoms with van der Waals surface area (Å²) >= 11 is -2.32. The first-order valence-electron chi connectivity index (χ1n) is 7.91. The summed E-state index contributed by atoms with van der Waals surface area (Å²) in [6, 6.07) is 0. The zero-order valence-electron chi connectivity index (χ0n) is 13.1. The van der Waals surface area contributed by atoms with Gasteiger partial charge in [-0.2, -0.15) is 0 Å². The molecular weight excluding hydrogens is 327 g/mol. The summed E-state index contributed by atoms with van der Waals surface area (Å²) in [7, 11) is 0. The van der Waals surface area contributed by atoms with Gasteiger partial charge in [-0.1, -0.05) is 0 Å². The van der Waals surface area contributed by atoms with E-state index in [0.717, 1.165) is 0 Å². The normalized spacial score (nSPS) is 13.6. The van der Waals surface area contributed by atoms with Crippen LogP contribution in [0.2, 0.25) is 13.3 Å². The average molecular weight is 361 g/mol. The number of unbranched alkanes of at least 4 members (excludes halogenated alkanes) is 3. The van der Waals surface area contributed by atoms with Gasteiger partial charge in [-0.25, -0.2) is 0 Å². The second-order valence-electron chi connectivity index (χ2n) is 5.79. The van der Waals surface area contributed by atoms with Crippen LogP contribution in [0.15, 0.2) is 10.2 Å². The second kappa shape index (κ2) is 10.3. The molecule has 0 aliphatic rings. The Kier molecular flexibility index (Phi) is 10.6. The minimum absolute atomic E-state index is 0.272. The molecule has 2 heteroatoms. The molecule has 0 aliphatic carbocycles. The van der Waals surface area contributed by atoms with Gasteiger partial charge in [-0.05, 0) is 0 Å². The fraction of sp³-hybridized carbons (Fsp3) is 0.875. The van der Waals surface area contributed by atoms with E-state index in [1.54, 1.807) is 0 Å². The molecule has 0 aromatic heterocycles. The zero-order valence-corrected chi connectivity index (χ0v) is 15.9. The minimum atomic E-state index is -2.32. The molecule has 1 unspecified atom stereocenters. The first-order valence-corrected chi connectivity index (χ1v) is 15.4. The summed E-state index contributed by atoms with van der Waals surface area (Å²) < 4.78 is 5.53.